The monoisotopic (exact) mass is 236 g/mol. The first-order chi connectivity index (χ1) is 8.84. The van der Waals surface area contributed by atoms with E-state index in [2.05, 4.69) is 10.9 Å². The molecule has 0 heterocycles. The number of hydrogen-bond acceptors (Lipinski definition) is 2. The SMILES string of the molecule is O=C(NNc1ccccc1)C1=C2C=CC=C2C=C1. The van der Waals surface area contributed by atoms with Crippen LogP contribution in [0.5, 0.6) is 0 Å². The lowest BCUT2D eigenvalue weighted by atomic mass is 10.1. The molecule has 0 radical (unpaired) electrons. The van der Waals surface area contributed by atoms with Crippen molar-refractivity contribution >= 4 is 11.6 Å². The minimum atomic E-state index is -0.125. The molecule has 0 aliphatic heterocycles. The molecule has 3 nitrogen and oxygen atoms in total. The molecule has 1 aromatic carbocycles. The standard InChI is InChI=1S/C15H12N2O/c18-15(17-16-12-6-2-1-3-7-12)14-10-9-11-5-4-8-13(11)14/h1-10,16H,(H,17,18). The lowest BCUT2D eigenvalue weighted by Crippen LogP contribution is -2.30. The fraction of sp³-hybridized carbons (Fsp3) is 0. The first-order valence-corrected chi connectivity index (χ1v) is 5.77. The molecule has 88 valence electrons. The zero-order valence-corrected chi connectivity index (χ0v) is 9.68. The normalized spacial score (nSPS) is 15.7. The van der Waals surface area contributed by atoms with Crippen molar-refractivity contribution in [2.45, 2.75) is 0 Å². The minimum Gasteiger partial charge on any atom is -0.298 e. The van der Waals surface area contributed by atoms with Crippen molar-refractivity contribution in [2.24, 2.45) is 0 Å². The van der Waals surface area contributed by atoms with E-state index in [1.165, 1.54) is 0 Å². The third-order valence-corrected chi connectivity index (χ3v) is 2.91. The molecule has 1 aromatic rings. The summed E-state index contributed by atoms with van der Waals surface area (Å²) in [5.74, 6) is -0.125. The highest BCUT2D eigenvalue weighted by Crippen LogP contribution is 2.29. The summed E-state index contributed by atoms with van der Waals surface area (Å²) in [4.78, 5) is 12.0. The van der Waals surface area contributed by atoms with Gasteiger partial charge in [-0.15, -0.1) is 0 Å². The molecule has 18 heavy (non-hydrogen) atoms. The molecule has 0 saturated carbocycles. The quantitative estimate of drug-likeness (QED) is 0.792. The van der Waals surface area contributed by atoms with E-state index in [0.717, 1.165) is 16.8 Å². The Balaban J connectivity index is 1.70. The number of carbonyl (C=O) groups excluding carboxylic acids is 1. The summed E-state index contributed by atoms with van der Waals surface area (Å²) in [5, 5.41) is 0. The van der Waals surface area contributed by atoms with Crippen LogP contribution in [0.4, 0.5) is 5.69 Å². The molecule has 0 spiro atoms. The van der Waals surface area contributed by atoms with E-state index >= 15 is 0 Å². The summed E-state index contributed by atoms with van der Waals surface area (Å²) in [6, 6.07) is 9.53. The number of rotatable bonds is 3. The van der Waals surface area contributed by atoms with Crippen LogP contribution in [-0.2, 0) is 4.79 Å². The second kappa shape index (κ2) is 4.37. The van der Waals surface area contributed by atoms with Crippen LogP contribution in [0.15, 0.2) is 77.4 Å². The van der Waals surface area contributed by atoms with Crippen molar-refractivity contribution in [3.05, 3.63) is 77.4 Å². The lowest BCUT2D eigenvalue weighted by molar-refractivity contribution is -0.116. The Bertz CT molecular complexity index is 607. The zero-order valence-electron chi connectivity index (χ0n) is 9.68. The molecular weight excluding hydrogens is 224 g/mol. The fourth-order valence-electron chi connectivity index (χ4n) is 2.00. The Labute approximate surface area is 105 Å². The Morgan fingerprint density at radius 3 is 2.67 bits per heavy atom. The molecule has 2 N–H and O–H groups in total. The van der Waals surface area contributed by atoms with Gasteiger partial charge in [0.1, 0.15) is 0 Å². The van der Waals surface area contributed by atoms with E-state index in [-0.39, 0.29) is 5.91 Å². The summed E-state index contributed by atoms with van der Waals surface area (Å²) in [5.41, 5.74) is 9.22. The van der Waals surface area contributed by atoms with Crippen LogP contribution in [0.25, 0.3) is 0 Å². The van der Waals surface area contributed by atoms with Crippen LogP contribution in [0.3, 0.4) is 0 Å². The first-order valence-electron chi connectivity index (χ1n) is 5.77. The number of allylic oxidation sites excluding steroid dienone is 6. The Morgan fingerprint density at radius 2 is 1.83 bits per heavy atom. The molecule has 3 rings (SSSR count). The second-order valence-electron chi connectivity index (χ2n) is 4.09. The molecule has 3 heteroatoms. The molecule has 0 fully saturated rings. The van der Waals surface area contributed by atoms with Crippen molar-refractivity contribution in [3.8, 4) is 0 Å². The maximum absolute atomic E-state index is 12.0. The largest absolute Gasteiger partial charge is 0.298 e. The predicted molar refractivity (Wildman–Crippen MR) is 71.6 cm³/mol. The van der Waals surface area contributed by atoms with Crippen molar-refractivity contribution in [2.75, 3.05) is 5.43 Å². The molecule has 0 bridgehead atoms. The van der Waals surface area contributed by atoms with E-state index in [9.17, 15) is 4.79 Å². The lowest BCUT2D eigenvalue weighted by Gasteiger charge is -2.08. The molecule has 1 amide bonds. The number of hydrazine groups is 1. The van der Waals surface area contributed by atoms with E-state index in [0.29, 0.717) is 5.57 Å². The average molecular weight is 236 g/mol. The summed E-state index contributed by atoms with van der Waals surface area (Å²) >= 11 is 0. The smallest absolute Gasteiger partial charge is 0.270 e. The number of fused-ring (bicyclic) bond motifs is 1. The molecule has 0 atom stereocenters. The number of carbonyl (C=O) groups is 1. The predicted octanol–water partition coefficient (Wildman–Crippen LogP) is 2.49. The third kappa shape index (κ3) is 1.86. The van der Waals surface area contributed by atoms with E-state index in [4.69, 9.17) is 0 Å². The highest BCUT2D eigenvalue weighted by atomic mass is 16.2. The van der Waals surface area contributed by atoms with Gasteiger partial charge in [0, 0.05) is 5.57 Å². The van der Waals surface area contributed by atoms with Gasteiger partial charge in [-0.1, -0.05) is 42.5 Å². The number of nitrogens with one attached hydrogen (secondary N) is 2. The third-order valence-electron chi connectivity index (χ3n) is 2.91. The maximum Gasteiger partial charge on any atom is 0.270 e. The van der Waals surface area contributed by atoms with Crippen LogP contribution in [0, 0.1) is 0 Å². The molecule has 0 unspecified atom stereocenters. The zero-order chi connectivity index (χ0) is 12.4. The van der Waals surface area contributed by atoms with Gasteiger partial charge in [0.05, 0.1) is 5.69 Å². The van der Waals surface area contributed by atoms with Crippen LogP contribution >= 0.6 is 0 Å². The van der Waals surface area contributed by atoms with Gasteiger partial charge >= 0.3 is 0 Å². The van der Waals surface area contributed by atoms with Gasteiger partial charge in [0.25, 0.3) is 5.91 Å². The van der Waals surface area contributed by atoms with Gasteiger partial charge in [0.2, 0.25) is 0 Å². The van der Waals surface area contributed by atoms with E-state index < -0.39 is 0 Å². The summed E-state index contributed by atoms with van der Waals surface area (Å²) < 4.78 is 0. The van der Waals surface area contributed by atoms with Gasteiger partial charge < -0.3 is 0 Å². The number of benzene rings is 1. The van der Waals surface area contributed by atoms with Crippen LogP contribution in [0.1, 0.15) is 0 Å². The Kier molecular flexibility index (Phi) is 2.57. The van der Waals surface area contributed by atoms with Gasteiger partial charge in [-0.2, -0.15) is 0 Å². The molecule has 0 saturated heterocycles. The number of amides is 1. The Hall–Kier alpha value is -2.55. The van der Waals surface area contributed by atoms with Crippen molar-refractivity contribution in [3.63, 3.8) is 0 Å². The van der Waals surface area contributed by atoms with Gasteiger partial charge in [-0.3, -0.25) is 15.6 Å². The highest BCUT2D eigenvalue weighted by molar-refractivity contribution is 6.01. The fourth-order valence-corrected chi connectivity index (χ4v) is 2.00. The second-order valence-corrected chi connectivity index (χ2v) is 4.09. The number of para-hydroxylation sites is 1. The van der Waals surface area contributed by atoms with Crippen LogP contribution in [-0.4, -0.2) is 5.91 Å². The van der Waals surface area contributed by atoms with Crippen LogP contribution in [0.2, 0.25) is 0 Å². The molecule has 2 aliphatic carbocycles. The minimum absolute atomic E-state index is 0.125. The summed E-state index contributed by atoms with van der Waals surface area (Å²) in [6.07, 6.45) is 9.69. The molecule has 0 aromatic heterocycles. The van der Waals surface area contributed by atoms with Crippen molar-refractivity contribution < 1.29 is 4.79 Å². The first kappa shape index (κ1) is 10.6. The number of hydrogen-bond donors (Lipinski definition) is 2. The van der Waals surface area contributed by atoms with Crippen LogP contribution < -0.4 is 10.9 Å². The van der Waals surface area contributed by atoms with Gasteiger partial charge in [-0.05, 0) is 29.4 Å². The van der Waals surface area contributed by atoms with E-state index in [1.54, 1.807) is 0 Å². The van der Waals surface area contributed by atoms with Crippen molar-refractivity contribution in [1.29, 1.82) is 0 Å². The maximum atomic E-state index is 12.0. The van der Waals surface area contributed by atoms with E-state index in [1.807, 2.05) is 60.7 Å². The number of anilines is 1. The molecule has 2 aliphatic rings. The summed E-state index contributed by atoms with van der Waals surface area (Å²) in [6.45, 7) is 0. The average Bonchev–Trinajstić information content (AvgIpc) is 2.99. The van der Waals surface area contributed by atoms with Gasteiger partial charge in [-0.25, -0.2) is 0 Å². The topological polar surface area (TPSA) is 41.1 Å². The highest BCUT2D eigenvalue weighted by Gasteiger charge is 2.19. The molecular formula is C15H12N2O. The van der Waals surface area contributed by atoms with Crippen molar-refractivity contribution in [1.82, 2.24) is 5.43 Å². The summed E-state index contributed by atoms with van der Waals surface area (Å²) in [7, 11) is 0. The van der Waals surface area contributed by atoms with Gasteiger partial charge in [0.15, 0.2) is 0 Å². The Morgan fingerprint density at radius 1 is 1.00 bits per heavy atom.